The highest BCUT2D eigenvalue weighted by molar-refractivity contribution is 6.14. The molecule has 7 aromatic carbocycles. The normalized spacial score (nSPS) is 13.6. The van der Waals surface area contributed by atoms with E-state index in [1.807, 2.05) is 79.1 Å². The quantitative estimate of drug-likeness (QED) is 0.176. The van der Waals surface area contributed by atoms with Crippen molar-refractivity contribution < 1.29 is 4.42 Å². The molecule has 12 rings (SSSR count). The standard InChI is InChI=1S/C52H33N5O/c1-4-13-32(14-5-1)42-29-35-19-10-11-20-37(35)38-24-25-44-48(47(38)42)40-27-28-53-31-45(40)57(44)36-23-26-46-43(30-36)39-21-12-22-41(49(39)58-46)52-55-50(33-15-6-2-7-16-33)54-51(56-52)34-17-8-3-9-18-34/h1-28,30-31,42H,29H2. The van der Waals surface area contributed by atoms with Crippen LogP contribution in [-0.2, 0) is 6.42 Å². The highest BCUT2D eigenvalue weighted by atomic mass is 16.3. The molecule has 0 aliphatic heterocycles. The second-order valence-electron chi connectivity index (χ2n) is 15.0. The van der Waals surface area contributed by atoms with Crippen LogP contribution in [0.3, 0.4) is 0 Å². The van der Waals surface area contributed by atoms with Gasteiger partial charge in [-0.15, -0.1) is 0 Å². The summed E-state index contributed by atoms with van der Waals surface area (Å²) in [7, 11) is 0. The molecule has 0 N–H and O–H groups in total. The fourth-order valence-corrected chi connectivity index (χ4v) is 9.14. The molecule has 11 aromatic rings. The molecule has 4 heterocycles. The summed E-state index contributed by atoms with van der Waals surface area (Å²) in [5, 5.41) is 4.48. The first-order valence-corrected chi connectivity index (χ1v) is 19.6. The lowest BCUT2D eigenvalue weighted by atomic mass is 9.74. The first kappa shape index (κ1) is 32.5. The Morgan fingerprint density at radius 2 is 1.21 bits per heavy atom. The first-order valence-electron chi connectivity index (χ1n) is 19.6. The number of hydrogen-bond acceptors (Lipinski definition) is 5. The van der Waals surface area contributed by atoms with Gasteiger partial charge in [-0.2, -0.15) is 0 Å². The number of nitrogens with zero attached hydrogens (tertiary/aromatic N) is 5. The van der Waals surface area contributed by atoms with E-state index in [9.17, 15) is 0 Å². The smallest absolute Gasteiger partial charge is 0.167 e. The lowest BCUT2D eigenvalue weighted by Crippen LogP contribution is -2.13. The van der Waals surface area contributed by atoms with Crippen molar-refractivity contribution >= 4 is 43.7 Å². The summed E-state index contributed by atoms with van der Waals surface area (Å²) >= 11 is 0. The zero-order chi connectivity index (χ0) is 38.2. The minimum atomic E-state index is 0.209. The van der Waals surface area contributed by atoms with Crippen LogP contribution in [0.25, 0.3) is 94.7 Å². The zero-order valence-electron chi connectivity index (χ0n) is 31.2. The molecule has 272 valence electrons. The van der Waals surface area contributed by atoms with Gasteiger partial charge in [-0.3, -0.25) is 4.98 Å². The van der Waals surface area contributed by atoms with E-state index in [-0.39, 0.29) is 5.92 Å². The van der Waals surface area contributed by atoms with Crippen molar-refractivity contribution in [2.24, 2.45) is 0 Å². The fraction of sp³-hybridized carbons (Fsp3) is 0.0385. The van der Waals surface area contributed by atoms with E-state index in [2.05, 4.69) is 113 Å². The van der Waals surface area contributed by atoms with Gasteiger partial charge in [-0.25, -0.2) is 15.0 Å². The molecular weight excluding hydrogens is 711 g/mol. The van der Waals surface area contributed by atoms with E-state index in [4.69, 9.17) is 19.4 Å². The highest BCUT2D eigenvalue weighted by Crippen LogP contribution is 2.49. The van der Waals surface area contributed by atoms with Gasteiger partial charge in [0.1, 0.15) is 11.2 Å². The Morgan fingerprint density at radius 1 is 0.517 bits per heavy atom. The summed E-state index contributed by atoms with van der Waals surface area (Å²) in [6, 6.07) is 59.5. The largest absolute Gasteiger partial charge is 0.455 e. The van der Waals surface area contributed by atoms with Crippen LogP contribution in [0.5, 0.6) is 0 Å². The molecule has 6 heteroatoms. The van der Waals surface area contributed by atoms with Gasteiger partial charge in [0.05, 0.1) is 22.8 Å². The number of pyridine rings is 1. The molecule has 1 atom stereocenters. The van der Waals surface area contributed by atoms with Crippen LogP contribution in [-0.4, -0.2) is 24.5 Å². The summed E-state index contributed by atoms with van der Waals surface area (Å²) in [5.74, 6) is 1.99. The Bertz CT molecular complexity index is 3310. The van der Waals surface area contributed by atoms with Crippen molar-refractivity contribution in [2.45, 2.75) is 12.3 Å². The predicted octanol–water partition coefficient (Wildman–Crippen LogP) is 12.6. The van der Waals surface area contributed by atoms with Crippen molar-refractivity contribution in [1.82, 2.24) is 24.5 Å². The molecule has 0 saturated heterocycles. The van der Waals surface area contributed by atoms with Crippen LogP contribution in [0.4, 0.5) is 0 Å². The fourth-order valence-electron chi connectivity index (χ4n) is 9.14. The van der Waals surface area contributed by atoms with E-state index in [0.717, 1.165) is 61.8 Å². The number of aromatic nitrogens is 5. The van der Waals surface area contributed by atoms with E-state index in [0.29, 0.717) is 17.5 Å². The average Bonchev–Trinajstić information content (AvgIpc) is 3.85. The van der Waals surface area contributed by atoms with Crippen molar-refractivity contribution in [3.05, 3.63) is 199 Å². The first-order chi connectivity index (χ1) is 28.8. The Kier molecular flexibility index (Phi) is 7.25. The van der Waals surface area contributed by atoms with Gasteiger partial charge >= 0.3 is 0 Å². The summed E-state index contributed by atoms with van der Waals surface area (Å²) in [6.07, 6.45) is 4.86. The topological polar surface area (TPSA) is 69.6 Å². The van der Waals surface area contributed by atoms with Gasteiger partial charge in [-0.1, -0.05) is 133 Å². The number of furan rings is 1. The molecule has 1 aliphatic rings. The Hall–Kier alpha value is -7.70. The molecule has 58 heavy (non-hydrogen) atoms. The summed E-state index contributed by atoms with van der Waals surface area (Å²) in [5.41, 5.74) is 14.1. The summed E-state index contributed by atoms with van der Waals surface area (Å²) < 4.78 is 9.09. The van der Waals surface area contributed by atoms with Crippen LogP contribution in [0, 0.1) is 0 Å². The van der Waals surface area contributed by atoms with Crippen LogP contribution in [0.15, 0.2) is 187 Å². The molecule has 4 aromatic heterocycles. The molecule has 1 aliphatic carbocycles. The minimum Gasteiger partial charge on any atom is -0.455 e. The summed E-state index contributed by atoms with van der Waals surface area (Å²) in [4.78, 5) is 19.6. The lowest BCUT2D eigenvalue weighted by Gasteiger charge is -2.29. The molecule has 0 bridgehead atoms. The van der Waals surface area contributed by atoms with Crippen LogP contribution in [0.1, 0.15) is 22.6 Å². The Balaban J connectivity index is 1.06. The van der Waals surface area contributed by atoms with Crippen LogP contribution < -0.4 is 0 Å². The highest BCUT2D eigenvalue weighted by Gasteiger charge is 2.30. The maximum atomic E-state index is 6.73. The Labute approximate surface area is 333 Å². The minimum absolute atomic E-state index is 0.209. The molecule has 1 unspecified atom stereocenters. The number of para-hydroxylation sites is 1. The maximum absolute atomic E-state index is 6.73. The van der Waals surface area contributed by atoms with Crippen LogP contribution >= 0.6 is 0 Å². The van der Waals surface area contributed by atoms with Crippen molar-refractivity contribution in [2.75, 3.05) is 0 Å². The third-order valence-electron chi connectivity index (χ3n) is 11.7. The molecule has 0 amide bonds. The SMILES string of the molecule is c1ccc(-c2nc(-c3ccccc3)nc(-c3cccc4c3oc3ccc(-n5c6cnccc6c6c7c(ccc65)-c5ccccc5CC7c5ccccc5)cc34)n2)cc1. The van der Waals surface area contributed by atoms with E-state index >= 15 is 0 Å². The molecular formula is C52H33N5O. The predicted molar refractivity (Wildman–Crippen MR) is 233 cm³/mol. The van der Waals surface area contributed by atoms with Gasteiger partial charge in [0.15, 0.2) is 17.5 Å². The van der Waals surface area contributed by atoms with Gasteiger partial charge < -0.3 is 8.98 Å². The Morgan fingerprint density at radius 3 is 1.98 bits per heavy atom. The molecule has 6 nitrogen and oxygen atoms in total. The molecule has 0 saturated carbocycles. The monoisotopic (exact) mass is 743 g/mol. The third kappa shape index (κ3) is 5.05. The second-order valence-corrected chi connectivity index (χ2v) is 15.0. The number of hydrogen-bond donors (Lipinski definition) is 0. The van der Waals surface area contributed by atoms with Crippen molar-refractivity contribution in [1.29, 1.82) is 0 Å². The van der Waals surface area contributed by atoms with Gasteiger partial charge in [-0.05, 0) is 70.6 Å². The van der Waals surface area contributed by atoms with E-state index in [1.54, 1.807) is 0 Å². The zero-order valence-corrected chi connectivity index (χ0v) is 31.2. The average molecular weight is 744 g/mol. The maximum Gasteiger partial charge on any atom is 0.167 e. The van der Waals surface area contributed by atoms with Gasteiger partial charge in [0.25, 0.3) is 0 Å². The van der Waals surface area contributed by atoms with E-state index in [1.165, 1.54) is 38.6 Å². The molecule has 0 spiro atoms. The lowest BCUT2D eigenvalue weighted by molar-refractivity contribution is 0.669. The number of benzene rings is 7. The summed E-state index contributed by atoms with van der Waals surface area (Å²) in [6.45, 7) is 0. The van der Waals surface area contributed by atoms with Gasteiger partial charge in [0.2, 0.25) is 0 Å². The molecule has 0 radical (unpaired) electrons. The number of rotatable bonds is 5. The van der Waals surface area contributed by atoms with Crippen LogP contribution in [0.2, 0.25) is 0 Å². The number of fused-ring (bicyclic) bond motifs is 10. The van der Waals surface area contributed by atoms with E-state index < -0.39 is 0 Å². The van der Waals surface area contributed by atoms with Crippen molar-refractivity contribution in [3.63, 3.8) is 0 Å². The van der Waals surface area contributed by atoms with Gasteiger partial charge in [0, 0.05) is 50.5 Å². The van der Waals surface area contributed by atoms with Crippen molar-refractivity contribution in [3.8, 4) is 51.0 Å². The molecule has 0 fully saturated rings. The second kappa shape index (κ2) is 12.9. The third-order valence-corrected chi connectivity index (χ3v) is 11.7.